The van der Waals surface area contributed by atoms with Crippen LogP contribution in [0.3, 0.4) is 0 Å². The molecule has 1 atom stereocenters. The van der Waals surface area contributed by atoms with Crippen LogP contribution < -0.4 is 0 Å². The van der Waals surface area contributed by atoms with Crippen LogP contribution in [0, 0.1) is 0 Å². The number of carbonyl (C=O) groups is 1. The molecular weight excluding hydrogens is 123 g/mol. The standard InChI is InChI=1S/C5H9O2P/c1-4(2)5(6)7-8-3/h8H,1H2,2-3H3. The Morgan fingerprint density at radius 1 is 1.75 bits per heavy atom. The minimum atomic E-state index is -0.300. The minimum absolute atomic E-state index is 0.221. The average Bonchev–Trinajstić information content (AvgIpc) is 1.67. The van der Waals surface area contributed by atoms with Crippen molar-refractivity contribution in [3.05, 3.63) is 12.2 Å². The van der Waals surface area contributed by atoms with Gasteiger partial charge in [0.25, 0.3) is 0 Å². The maximum Gasteiger partial charge on any atom is 0.335 e. The molecule has 0 N–H and O–H groups in total. The van der Waals surface area contributed by atoms with E-state index in [0.29, 0.717) is 5.57 Å². The Bertz CT molecular complexity index is 109. The first-order valence-corrected chi connectivity index (χ1v) is 3.62. The fourth-order valence-electron chi connectivity index (χ4n) is 0.180. The summed E-state index contributed by atoms with van der Waals surface area (Å²) in [5.41, 5.74) is 0.458. The molecule has 0 amide bonds. The molecule has 0 aromatic heterocycles. The fraction of sp³-hybridized carbons (Fsp3) is 0.400. The normalized spacial score (nSPS) is 9.75. The summed E-state index contributed by atoms with van der Waals surface area (Å²) in [6.45, 7) is 6.82. The Balaban J connectivity index is 3.49. The summed E-state index contributed by atoms with van der Waals surface area (Å²) in [6, 6.07) is 0. The molecule has 0 fully saturated rings. The lowest BCUT2D eigenvalue weighted by Crippen LogP contribution is -1.96. The van der Waals surface area contributed by atoms with Gasteiger partial charge in [0.2, 0.25) is 0 Å². The van der Waals surface area contributed by atoms with Crippen LogP contribution in [0.15, 0.2) is 12.2 Å². The molecule has 0 saturated carbocycles. The lowest BCUT2D eigenvalue weighted by Gasteiger charge is -1.96. The monoisotopic (exact) mass is 132 g/mol. The molecule has 0 aliphatic carbocycles. The molecule has 0 radical (unpaired) electrons. The van der Waals surface area contributed by atoms with Crippen molar-refractivity contribution in [1.82, 2.24) is 0 Å². The van der Waals surface area contributed by atoms with E-state index < -0.39 is 0 Å². The number of hydrogen-bond donors (Lipinski definition) is 0. The molecule has 0 aromatic rings. The van der Waals surface area contributed by atoms with Crippen LogP contribution in [-0.2, 0) is 9.32 Å². The molecule has 46 valence electrons. The van der Waals surface area contributed by atoms with Crippen molar-refractivity contribution in [3.8, 4) is 0 Å². The van der Waals surface area contributed by atoms with Crippen LogP contribution in [0.4, 0.5) is 0 Å². The highest BCUT2D eigenvalue weighted by Gasteiger charge is 1.98. The predicted molar refractivity (Wildman–Crippen MR) is 35.1 cm³/mol. The van der Waals surface area contributed by atoms with Gasteiger partial charge < -0.3 is 4.52 Å². The lowest BCUT2D eigenvalue weighted by molar-refractivity contribution is -0.129. The summed E-state index contributed by atoms with van der Waals surface area (Å²) < 4.78 is 4.59. The van der Waals surface area contributed by atoms with Crippen LogP contribution in [0.1, 0.15) is 6.92 Å². The van der Waals surface area contributed by atoms with Crippen molar-refractivity contribution in [2.75, 3.05) is 6.66 Å². The van der Waals surface area contributed by atoms with Crippen LogP contribution >= 0.6 is 8.81 Å². The Labute approximate surface area is 50.8 Å². The molecule has 1 unspecified atom stereocenters. The molecule has 0 aliphatic heterocycles. The van der Waals surface area contributed by atoms with E-state index in [9.17, 15) is 4.79 Å². The van der Waals surface area contributed by atoms with Gasteiger partial charge in [-0.2, -0.15) is 0 Å². The first-order valence-electron chi connectivity index (χ1n) is 2.22. The number of carbonyl (C=O) groups excluding carboxylic acids is 1. The highest BCUT2D eigenvalue weighted by atomic mass is 31.1. The zero-order chi connectivity index (χ0) is 6.57. The van der Waals surface area contributed by atoms with Gasteiger partial charge in [0.15, 0.2) is 0 Å². The number of rotatable bonds is 2. The van der Waals surface area contributed by atoms with Gasteiger partial charge in [0.1, 0.15) is 0 Å². The van der Waals surface area contributed by atoms with Crippen LogP contribution in [0.2, 0.25) is 0 Å². The van der Waals surface area contributed by atoms with E-state index in [1.807, 2.05) is 0 Å². The molecule has 0 heterocycles. The van der Waals surface area contributed by atoms with Gasteiger partial charge in [-0.25, -0.2) is 4.79 Å². The SMILES string of the molecule is C=C(C)C(=O)OPC. The summed E-state index contributed by atoms with van der Waals surface area (Å²) in [5, 5.41) is 0. The molecule has 0 aromatic carbocycles. The van der Waals surface area contributed by atoms with E-state index in [2.05, 4.69) is 11.1 Å². The van der Waals surface area contributed by atoms with Gasteiger partial charge in [-0.05, 0) is 13.6 Å². The molecular formula is C5H9O2P. The van der Waals surface area contributed by atoms with Crippen molar-refractivity contribution < 1.29 is 9.32 Å². The van der Waals surface area contributed by atoms with Crippen LogP contribution in [0.25, 0.3) is 0 Å². The third-order valence-electron chi connectivity index (χ3n) is 0.543. The van der Waals surface area contributed by atoms with Crippen molar-refractivity contribution >= 4 is 14.8 Å². The first-order chi connectivity index (χ1) is 3.68. The van der Waals surface area contributed by atoms with Gasteiger partial charge in [0, 0.05) is 5.57 Å². The van der Waals surface area contributed by atoms with E-state index in [1.54, 1.807) is 13.6 Å². The third-order valence-corrected chi connectivity index (χ3v) is 0.933. The van der Waals surface area contributed by atoms with Crippen LogP contribution in [-0.4, -0.2) is 12.6 Å². The summed E-state index contributed by atoms with van der Waals surface area (Å²) in [4.78, 5) is 10.4. The van der Waals surface area contributed by atoms with Crippen molar-refractivity contribution in [2.45, 2.75) is 6.92 Å². The van der Waals surface area contributed by atoms with Crippen molar-refractivity contribution in [1.29, 1.82) is 0 Å². The van der Waals surface area contributed by atoms with Crippen LogP contribution in [0.5, 0.6) is 0 Å². The molecule has 0 bridgehead atoms. The maximum atomic E-state index is 10.4. The van der Waals surface area contributed by atoms with E-state index in [-0.39, 0.29) is 14.8 Å². The predicted octanol–water partition coefficient (Wildman–Crippen LogP) is 1.33. The molecule has 2 nitrogen and oxygen atoms in total. The highest BCUT2D eigenvalue weighted by Crippen LogP contribution is 2.07. The zero-order valence-electron chi connectivity index (χ0n) is 5.02. The second kappa shape index (κ2) is 3.62. The molecule has 0 saturated heterocycles. The van der Waals surface area contributed by atoms with E-state index >= 15 is 0 Å². The Morgan fingerprint density at radius 2 is 2.25 bits per heavy atom. The molecule has 0 spiro atoms. The van der Waals surface area contributed by atoms with Gasteiger partial charge in [0.05, 0.1) is 8.81 Å². The van der Waals surface area contributed by atoms with Gasteiger partial charge in [-0.1, -0.05) is 6.58 Å². The minimum Gasteiger partial charge on any atom is -0.445 e. The van der Waals surface area contributed by atoms with E-state index in [0.717, 1.165) is 0 Å². The topological polar surface area (TPSA) is 26.3 Å². The Hall–Kier alpha value is -0.360. The lowest BCUT2D eigenvalue weighted by atomic mass is 10.4. The second-order valence-electron chi connectivity index (χ2n) is 1.37. The van der Waals surface area contributed by atoms with Crippen molar-refractivity contribution in [3.63, 3.8) is 0 Å². The molecule has 3 heteroatoms. The fourth-order valence-corrected chi connectivity index (χ4v) is 0.539. The van der Waals surface area contributed by atoms with Gasteiger partial charge in [-0.3, -0.25) is 0 Å². The maximum absolute atomic E-state index is 10.4. The smallest absolute Gasteiger partial charge is 0.335 e. The van der Waals surface area contributed by atoms with Gasteiger partial charge >= 0.3 is 5.97 Å². The largest absolute Gasteiger partial charge is 0.445 e. The summed E-state index contributed by atoms with van der Waals surface area (Å²) in [5.74, 6) is -0.300. The van der Waals surface area contributed by atoms with Gasteiger partial charge in [-0.15, -0.1) is 0 Å². The summed E-state index contributed by atoms with van der Waals surface area (Å²) in [7, 11) is 0.221. The summed E-state index contributed by atoms with van der Waals surface area (Å²) >= 11 is 0. The molecule has 0 rings (SSSR count). The zero-order valence-corrected chi connectivity index (χ0v) is 6.02. The Morgan fingerprint density at radius 3 is 2.38 bits per heavy atom. The van der Waals surface area contributed by atoms with Crippen molar-refractivity contribution in [2.24, 2.45) is 0 Å². The number of hydrogen-bond acceptors (Lipinski definition) is 2. The summed E-state index contributed by atoms with van der Waals surface area (Å²) in [6.07, 6.45) is 0. The second-order valence-corrected chi connectivity index (χ2v) is 1.99. The first kappa shape index (κ1) is 7.64. The molecule has 8 heavy (non-hydrogen) atoms. The third kappa shape index (κ3) is 2.75. The average molecular weight is 132 g/mol. The quantitative estimate of drug-likeness (QED) is 0.418. The molecule has 0 aliphatic rings. The Kier molecular flexibility index (Phi) is 3.46. The highest BCUT2D eigenvalue weighted by molar-refractivity contribution is 7.31. The van der Waals surface area contributed by atoms with E-state index in [4.69, 9.17) is 0 Å². The van der Waals surface area contributed by atoms with E-state index in [1.165, 1.54) is 0 Å².